The Labute approximate surface area is 294 Å². The highest BCUT2D eigenvalue weighted by atomic mass is 16.4. The number of oxazole rings is 1. The van der Waals surface area contributed by atoms with E-state index in [0.717, 1.165) is 94.7 Å². The van der Waals surface area contributed by atoms with Crippen LogP contribution in [0.2, 0.25) is 0 Å². The first-order valence-electron chi connectivity index (χ1n) is 17.7. The number of H-pyrrole nitrogens is 2. The van der Waals surface area contributed by atoms with Crippen LogP contribution in [-0.4, -0.2) is 59.6 Å². The van der Waals surface area contributed by atoms with E-state index in [1.54, 1.807) is 6.20 Å². The number of likely N-dealkylation sites (tertiary alicyclic amines) is 2. The van der Waals surface area contributed by atoms with Gasteiger partial charge in [0.1, 0.15) is 17.2 Å². The second kappa shape index (κ2) is 13.0. The number of carbonyl (C=O) groups is 2. The lowest BCUT2D eigenvalue weighted by Gasteiger charge is -2.23. The molecule has 0 saturated carbocycles. The summed E-state index contributed by atoms with van der Waals surface area (Å²) in [6.07, 6.45) is 6.12. The summed E-state index contributed by atoms with van der Waals surface area (Å²) in [7, 11) is 0. The fourth-order valence-electron chi connectivity index (χ4n) is 7.69. The van der Waals surface area contributed by atoms with E-state index in [1.165, 1.54) is 0 Å². The molecule has 3 aromatic heterocycles. The van der Waals surface area contributed by atoms with Crippen molar-refractivity contribution in [3.8, 4) is 22.8 Å². The Hall–Kier alpha value is -6.03. The van der Waals surface area contributed by atoms with Gasteiger partial charge in [-0.3, -0.25) is 9.59 Å². The molecule has 2 N–H and O–H groups in total. The zero-order chi connectivity index (χ0) is 34.3. The quantitative estimate of drug-likeness (QED) is 0.171. The zero-order valence-corrected chi connectivity index (χ0v) is 28.1. The summed E-state index contributed by atoms with van der Waals surface area (Å²) in [5, 5.41) is 0. The lowest BCUT2D eigenvalue weighted by atomic mass is 10.1. The van der Waals surface area contributed by atoms with E-state index < -0.39 is 0 Å². The Morgan fingerprint density at radius 3 is 2.00 bits per heavy atom. The van der Waals surface area contributed by atoms with Crippen molar-refractivity contribution in [1.82, 2.24) is 34.7 Å². The predicted octanol–water partition coefficient (Wildman–Crippen LogP) is 7.57. The van der Waals surface area contributed by atoms with Gasteiger partial charge in [-0.05, 0) is 67.1 Å². The van der Waals surface area contributed by atoms with Crippen molar-refractivity contribution < 1.29 is 14.0 Å². The van der Waals surface area contributed by atoms with Crippen molar-refractivity contribution in [3.63, 3.8) is 0 Å². The third kappa shape index (κ3) is 5.96. The van der Waals surface area contributed by atoms with Gasteiger partial charge in [0.05, 0.1) is 53.2 Å². The molecular formula is C41H37N7O3. The lowest BCUT2D eigenvalue weighted by Crippen LogP contribution is -2.32. The van der Waals surface area contributed by atoms with Crippen LogP contribution in [-0.2, 0) is 22.4 Å². The largest absolute Gasteiger partial charge is 0.436 e. The third-order valence-corrected chi connectivity index (χ3v) is 10.2. The standard InChI is InChI=1S/C41H37N7O3/c49-36(22-26-10-3-1-4-11-26)47-20-8-16-33(47)39-43-30-19-18-28(24-32(30)45-39)35-25-42-41(51-35)29-14-7-15-31-38(29)46-40(44-31)34-17-9-21-48(34)37(50)23-27-12-5-2-6-13-27/h1-7,10-15,18-19,24-25,33-34H,8-9,16-17,20-23H2,(H,43,45)(H,44,46)/t33-,34-/m0/s1. The highest BCUT2D eigenvalue weighted by molar-refractivity contribution is 5.90. The smallest absolute Gasteiger partial charge is 0.228 e. The molecule has 0 unspecified atom stereocenters. The molecule has 5 heterocycles. The van der Waals surface area contributed by atoms with Gasteiger partial charge >= 0.3 is 0 Å². The van der Waals surface area contributed by atoms with Gasteiger partial charge in [-0.15, -0.1) is 0 Å². The number of nitrogens with one attached hydrogen (secondary N) is 2. The van der Waals surface area contributed by atoms with Crippen LogP contribution in [0.5, 0.6) is 0 Å². The van der Waals surface area contributed by atoms with E-state index in [9.17, 15) is 9.59 Å². The van der Waals surface area contributed by atoms with Crippen LogP contribution < -0.4 is 0 Å². The molecule has 9 rings (SSSR count). The summed E-state index contributed by atoms with van der Waals surface area (Å²) < 4.78 is 6.36. The number of hydrogen-bond acceptors (Lipinski definition) is 6. The summed E-state index contributed by atoms with van der Waals surface area (Å²) in [5.74, 6) is 2.92. The lowest BCUT2D eigenvalue weighted by molar-refractivity contribution is -0.132. The second-order valence-electron chi connectivity index (χ2n) is 13.5. The van der Waals surface area contributed by atoms with E-state index in [2.05, 4.69) is 15.0 Å². The summed E-state index contributed by atoms with van der Waals surface area (Å²) in [4.78, 5) is 52.1. The zero-order valence-electron chi connectivity index (χ0n) is 28.1. The maximum atomic E-state index is 13.3. The number of amides is 2. The maximum absolute atomic E-state index is 13.3. The van der Waals surface area contributed by atoms with Gasteiger partial charge in [-0.25, -0.2) is 15.0 Å². The molecule has 2 fully saturated rings. The summed E-state index contributed by atoms with van der Waals surface area (Å²) in [5.41, 5.74) is 7.03. The van der Waals surface area contributed by atoms with Crippen molar-refractivity contribution in [2.45, 2.75) is 50.6 Å². The van der Waals surface area contributed by atoms with Crippen LogP contribution in [0.1, 0.15) is 60.5 Å². The van der Waals surface area contributed by atoms with Crippen LogP contribution in [0.4, 0.5) is 0 Å². The monoisotopic (exact) mass is 675 g/mol. The Morgan fingerprint density at radius 2 is 1.33 bits per heavy atom. The van der Waals surface area contributed by atoms with E-state index in [0.29, 0.717) is 24.5 Å². The number of hydrogen-bond donors (Lipinski definition) is 2. The predicted molar refractivity (Wildman–Crippen MR) is 194 cm³/mol. The molecular weight excluding hydrogens is 638 g/mol. The van der Waals surface area contributed by atoms with Crippen LogP contribution in [0.3, 0.4) is 0 Å². The van der Waals surface area contributed by atoms with Gasteiger partial charge in [0, 0.05) is 18.7 Å². The fourth-order valence-corrected chi connectivity index (χ4v) is 7.69. The first-order chi connectivity index (χ1) is 25.1. The topological polar surface area (TPSA) is 124 Å². The Kier molecular flexibility index (Phi) is 7.91. The molecule has 0 bridgehead atoms. The number of benzene rings is 4. The van der Waals surface area contributed by atoms with Gasteiger partial charge < -0.3 is 24.2 Å². The molecule has 10 nitrogen and oxygen atoms in total. The Bertz CT molecular complexity index is 2360. The van der Waals surface area contributed by atoms with Crippen LogP contribution >= 0.6 is 0 Å². The van der Waals surface area contributed by atoms with Gasteiger partial charge in [0.15, 0.2) is 5.76 Å². The minimum Gasteiger partial charge on any atom is -0.436 e. The van der Waals surface area contributed by atoms with Crippen molar-refractivity contribution in [1.29, 1.82) is 0 Å². The summed E-state index contributed by atoms with van der Waals surface area (Å²) in [6, 6.07) is 31.5. The molecule has 51 heavy (non-hydrogen) atoms. The highest BCUT2D eigenvalue weighted by Crippen LogP contribution is 2.37. The number of aromatic nitrogens is 5. The minimum atomic E-state index is -0.106. The molecule has 0 radical (unpaired) electrons. The number of para-hydroxylation sites is 1. The van der Waals surface area contributed by atoms with E-state index in [1.807, 2.05) is 107 Å². The van der Waals surface area contributed by atoms with Gasteiger partial charge in [0.2, 0.25) is 17.7 Å². The van der Waals surface area contributed by atoms with E-state index in [-0.39, 0.29) is 23.9 Å². The Balaban J connectivity index is 0.948. The van der Waals surface area contributed by atoms with Gasteiger partial charge in [0.25, 0.3) is 0 Å². The van der Waals surface area contributed by atoms with Crippen molar-refractivity contribution in [3.05, 3.63) is 126 Å². The van der Waals surface area contributed by atoms with E-state index in [4.69, 9.17) is 14.4 Å². The molecule has 2 atom stereocenters. The SMILES string of the molecule is O=C(Cc1ccccc1)N1CCC[C@H]1c1nc2cc(-c3cnc(-c4cccc5[nH]c([C@@H]6CCCN6C(=O)Cc6ccccc6)nc45)o3)ccc2[nH]1. The highest BCUT2D eigenvalue weighted by Gasteiger charge is 2.33. The first-order valence-corrected chi connectivity index (χ1v) is 17.7. The van der Waals surface area contributed by atoms with E-state index >= 15 is 0 Å². The minimum absolute atomic E-state index is 0.0773. The number of rotatable bonds is 8. The average molecular weight is 676 g/mol. The number of imidazole rings is 2. The van der Waals surface area contributed by atoms with Crippen LogP contribution in [0.25, 0.3) is 44.8 Å². The molecule has 2 aliphatic rings. The number of carbonyl (C=O) groups excluding carboxylic acids is 2. The molecule has 10 heteroatoms. The number of fused-ring (bicyclic) bond motifs is 2. The third-order valence-electron chi connectivity index (χ3n) is 10.2. The van der Waals surface area contributed by atoms with Gasteiger partial charge in [-0.1, -0.05) is 66.7 Å². The molecule has 2 aliphatic heterocycles. The first kappa shape index (κ1) is 31.0. The molecule has 4 aromatic carbocycles. The van der Waals surface area contributed by atoms with Crippen molar-refractivity contribution in [2.75, 3.05) is 13.1 Å². The summed E-state index contributed by atoms with van der Waals surface area (Å²) in [6.45, 7) is 1.45. The number of aromatic amines is 2. The van der Waals surface area contributed by atoms with Gasteiger partial charge in [-0.2, -0.15) is 0 Å². The van der Waals surface area contributed by atoms with Crippen LogP contribution in [0.15, 0.2) is 108 Å². The fraction of sp³-hybridized carbons (Fsp3) is 0.244. The normalized spacial score (nSPS) is 17.6. The number of nitrogens with zero attached hydrogens (tertiary/aromatic N) is 5. The molecule has 2 amide bonds. The van der Waals surface area contributed by atoms with Crippen molar-refractivity contribution in [2.24, 2.45) is 0 Å². The molecule has 0 aliphatic carbocycles. The molecule has 7 aromatic rings. The molecule has 2 saturated heterocycles. The molecule has 254 valence electrons. The van der Waals surface area contributed by atoms with Crippen molar-refractivity contribution >= 4 is 33.9 Å². The maximum Gasteiger partial charge on any atom is 0.228 e. The molecule has 0 spiro atoms. The summed E-state index contributed by atoms with van der Waals surface area (Å²) >= 11 is 0. The van der Waals surface area contributed by atoms with Crippen LogP contribution in [0, 0.1) is 0 Å². The second-order valence-corrected chi connectivity index (χ2v) is 13.5. The average Bonchev–Trinajstić information content (AvgIpc) is 4.00. The Morgan fingerprint density at radius 1 is 0.706 bits per heavy atom.